The van der Waals surface area contributed by atoms with Crippen molar-refractivity contribution in [3.05, 3.63) is 82.9 Å². The molecule has 0 aliphatic carbocycles. The second kappa shape index (κ2) is 8.96. The van der Waals surface area contributed by atoms with Gasteiger partial charge in [-0.2, -0.15) is 0 Å². The van der Waals surface area contributed by atoms with Crippen LogP contribution in [0.2, 0.25) is 5.02 Å². The van der Waals surface area contributed by atoms with Crippen LogP contribution in [0.4, 0.5) is 11.4 Å². The van der Waals surface area contributed by atoms with E-state index in [1.165, 1.54) is 13.3 Å². The van der Waals surface area contributed by atoms with Crippen molar-refractivity contribution in [2.45, 2.75) is 6.54 Å². The number of amides is 1. The Bertz CT molecular complexity index is 996. The molecule has 0 aliphatic rings. The van der Waals surface area contributed by atoms with Crippen molar-refractivity contribution in [2.75, 3.05) is 12.4 Å². The van der Waals surface area contributed by atoms with E-state index in [4.69, 9.17) is 16.3 Å². The summed E-state index contributed by atoms with van der Waals surface area (Å²) in [6.45, 7) is 0.310. The first-order valence-corrected chi connectivity index (χ1v) is 8.72. The third-order valence-electron chi connectivity index (χ3n) is 3.82. The van der Waals surface area contributed by atoms with Crippen LogP contribution >= 0.6 is 11.6 Å². The number of anilines is 2. The molecule has 0 saturated heterocycles. The lowest BCUT2D eigenvalue weighted by molar-refractivity contribution is 0.0600. The predicted octanol–water partition coefficient (Wildman–Crippen LogP) is 3.59. The average Bonchev–Trinajstić information content (AvgIpc) is 2.74. The van der Waals surface area contributed by atoms with E-state index in [1.54, 1.807) is 36.7 Å². The van der Waals surface area contributed by atoms with Gasteiger partial charge in [-0.05, 0) is 36.4 Å². The molecule has 3 aromatic rings. The van der Waals surface area contributed by atoms with Crippen LogP contribution < -0.4 is 10.6 Å². The second-order valence-electron chi connectivity index (χ2n) is 5.78. The minimum absolute atomic E-state index is 0.281. The largest absolute Gasteiger partial charge is 0.465 e. The Balaban J connectivity index is 1.73. The van der Waals surface area contributed by atoms with E-state index in [2.05, 4.69) is 20.6 Å². The van der Waals surface area contributed by atoms with Gasteiger partial charge in [0.25, 0.3) is 5.91 Å². The molecule has 1 amide bonds. The molecule has 7 nitrogen and oxygen atoms in total. The molecule has 1 aromatic carbocycles. The van der Waals surface area contributed by atoms with E-state index in [9.17, 15) is 9.59 Å². The molecular formula is C20H17ClN4O3. The van der Waals surface area contributed by atoms with Crippen molar-refractivity contribution in [1.29, 1.82) is 0 Å². The van der Waals surface area contributed by atoms with Crippen molar-refractivity contribution in [1.82, 2.24) is 15.3 Å². The quantitative estimate of drug-likeness (QED) is 0.618. The maximum Gasteiger partial charge on any atom is 0.337 e. The molecule has 0 spiro atoms. The Morgan fingerprint density at radius 2 is 1.96 bits per heavy atom. The van der Waals surface area contributed by atoms with Gasteiger partial charge in [0.05, 0.1) is 53.1 Å². The first-order valence-electron chi connectivity index (χ1n) is 8.35. The number of pyridine rings is 2. The van der Waals surface area contributed by atoms with Crippen LogP contribution in [0.15, 0.2) is 61.1 Å². The monoisotopic (exact) mass is 396 g/mol. The highest BCUT2D eigenvalue weighted by Crippen LogP contribution is 2.27. The van der Waals surface area contributed by atoms with Crippen molar-refractivity contribution in [3.8, 4) is 0 Å². The van der Waals surface area contributed by atoms with E-state index in [-0.39, 0.29) is 5.91 Å². The highest BCUT2D eigenvalue weighted by Gasteiger charge is 2.11. The van der Waals surface area contributed by atoms with Crippen molar-refractivity contribution >= 4 is 34.9 Å². The zero-order valence-electron chi connectivity index (χ0n) is 15.0. The maximum atomic E-state index is 12.4. The smallest absolute Gasteiger partial charge is 0.337 e. The van der Waals surface area contributed by atoms with Crippen LogP contribution in [0.25, 0.3) is 0 Å². The van der Waals surface area contributed by atoms with Gasteiger partial charge in [-0.3, -0.25) is 14.8 Å². The number of hydrogen-bond donors (Lipinski definition) is 2. The van der Waals surface area contributed by atoms with Crippen molar-refractivity contribution in [3.63, 3.8) is 0 Å². The Labute approximate surface area is 166 Å². The van der Waals surface area contributed by atoms with Crippen LogP contribution in [0, 0.1) is 0 Å². The van der Waals surface area contributed by atoms with Crippen molar-refractivity contribution < 1.29 is 14.3 Å². The summed E-state index contributed by atoms with van der Waals surface area (Å²) in [4.78, 5) is 32.3. The van der Waals surface area contributed by atoms with Gasteiger partial charge >= 0.3 is 5.97 Å². The number of hydrogen-bond acceptors (Lipinski definition) is 6. The Morgan fingerprint density at radius 1 is 1.11 bits per heavy atom. The molecule has 2 aromatic heterocycles. The second-order valence-corrected chi connectivity index (χ2v) is 6.18. The SMILES string of the molecule is COC(=O)c1ccc(Cl)c(Nc2cncc(C(=O)NCc3ccccn3)c2)c1. The number of ether oxygens (including phenoxy) is 1. The zero-order chi connectivity index (χ0) is 19.9. The van der Waals surface area contributed by atoms with Gasteiger partial charge in [-0.1, -0.05) is 17.7 Å². The van der Waals surface area contributed by atoms with Gasteiger partial charge < -0.3 is 15.4 Å². The van der Waals surface area contributed by atoms with Gasteiger partial charge in [-0.15, -0.1) is 0 Å². The first kappa shape index (κ1) is 19.3. The van der Waals surface area contributed by atoms with E-state index in [0.717, 1.165) is 5.69 Å². The molecule has 142 valence electrons. The van der Waals surface area contributed by atoms with Gasteiger partial charge in [0.1, 0.15) is 0 Å². The Hall–Kier alpha value is -3.45. The Kier molecular flexibility index (Phi) is 6.18. The van der Waals surface area contributed by atoms with Gasteiger partial charge in [0.2, 0.25) is 0 Å². The summed E-state index contributed by atoms with van der Waals surface area (Å²) in [5, 5.41) is 6.27. The molecule has 0 bridgehead atoms. The number of benzene rings is 1. The van der Waals surface area contributed by atoms with Crippen LogP contribution in [0.1, 0.15) is 26.4 Å². The molecule has 0 aliphatic heterocycles. The minimum atomic E-state index is -0.472. The number of methoxy groups -OCH3 is 1. The fourth-order valence-electron chi connectivity index (χ4n) is 2.43. The van der Waals surface area contributed by atoms with E-state index in [1.807, 2.05) is 18.2 Å². The highest BCUT2D eigenvalue weighted by atomic mass is 35.5. The fraction of sp³-hybridized carbons (Fsp3) is 0.100. The number of nitrogens with one attached hydrogen (secondary N) is 2. The molecular weight excluding hydrogens is 380 g/mol. The third-order valence-corrected chi connectivity index (χ3v) is 4.15. The number of rotatable bonds is 6. The lowest BCUT2D eigenvalue weighted by Gasteiger charge is -2.11. The van der Waals surface area contributed by atoms with Gasteiger partial charge in [0, 0.05) is 12.4 Å². The number of carbonyl (C=O) groups is 2. The van der Waals surface area contributed by atoms with Crippen LogP contribution in [0.5, 0.6) is 0 Å². The number of aromatic nitrogens is 2. The molecule has 2 heterocycles. The van der Waals surface area contributed by atoms with E-state index >= 15 is 0 Å². The normalized spacial score (nSPS) is 10.2. The molecule has 2 N–H and O–H groups in total. The number of nitrogens with zero attached hydrogens (tertiary/aromatic N) is 2. The summed E-state index contributed by atoms with van der Waals surface area (Å²) in [5.74, 6) is -0.753. The zero-order valence-corrected chi connectivity index (χ0v) is 15.7. The number of halogens is 1. The molecule has 0 unspecified atom stereocenters. The van der Waals surface area contributed by atoms with Crippen LogP contribution in [-0.4, -0.2) is 29.0 Å². The summed E-state index contributed by atoms with van der Waals surface area (Å²) < 4.78 is 4.72. The standard InChI is InChI=1S/C20H17ClN4O3/c1-28-20(27)13-5-6-17(21)18(9-13)25-16-8-14(10-22-11-16)19(26)24-12-15-4-2-3-7-23-15/h2-11,25H,12H2,1H3,(H,24,26). The lowest BCUT2D eigenvalue weighted by Crippen LogP contribution is -2.23. The molecule has 0 saturated carbocycles. The third kappa shape index (κ3) is 4.83. The summed E-state index contributed by atoms with van der Waals surface area (Å²) >= 11 is 6.19. The first-order chi connectivity index (χ1) is 13.6. The highest BCUT2D eigenvalue weighted by molar-refractivity contribution is 6.33. The Morgan fingerprint density at radius 3 is 2.71 bits per heavy atom. The topological polar surface area (TPSA) is 93.2 Å². The average molecular weight is 397 g/mol. The lowest BCUT2D eigenvalue weighted by atomic mass is 10.2. The van der Waals surface area contributed by atoms with Gasteiger partial charge in [-0.25, -0.2) is 4.79 Å². The van der Waals surface area contributed by atoms with Gasteiger partial charge in [0.15, 0.2) is 0 Å². The fourth-order valence-corrected chi connectivity index (χ4v) is 2.59. The molecule has 0 atom stereocenters. The van der Waals surface area contributed by atoms with E-state index < -0.39 is 5.97 Å². The predicted molar refractivity (Wildman–Crippen MR) is 106 cm³/mol. The molecule has 8 heteroatoms. The van der Waals surface area contributed by atoms with Crippen LogP contribution in [-0.2, 0) is 11.3 Å². The summed E-state index contributed by atoms with van der Waals surface area (Å²) in [6, 6.07) is 11.9. The van der Waals surface area contributed by atoms with E-state index in [0.29, 0.717) is 34.1 Å². The van der Waals surface area contributed by atoms with Crippen molar-refractivity contribution in [2.24, 2.45) is 0 Å². The number of carbonyl (C=O) groups excluding carboxylic acids is 2. The minimum Gasteiger partial charge on any atom is -0.465 e. The number of esters is 1. The maximum absolute atomic E-state index is 12.4. The summed E-state index contributed by atoms with van der Waals surface area (Å²) in [7, 11) is 1.31. The summed E-state index contributed by atoms with van der Waals surface area (Å²) in [6.07, 6.45) is 4.68. The summed E-state index contributed by atoms with van der Waals surface area (Å²) in [5.41, 5.74) is 2.53. The molecule has 3 rings (SSSR count). The molecule has 0 radical (unpaired) electrons. The molecule has 28 heavy (non-hydrogen) atoms. The van der Waals surface area contributed by atoms with Crippen LogP contribution in [0.3, 0.4) is 0 Å². The molecule has 0 fully saturated rings.